The van der Waals surface area contributed by atoms with E-state index in [4.69, 9.17) is 0 Å². The van der Waals surface area contributed by atoms with Gasteiger partial charge < -0.3 is 20.3 Å². The summed E-state index contributed by atoms with van der Waals surface area (Å²) >= 11 is 0. The summed E-state index contributed by atoms with van der Waals surface area (Å²) in [4.78, 5) is 0. The van der Waals surface area contributed by atoms with Crippen LogP contribution in [-0.2, 0) is 25.8 Å². The average Bonchev–Trinajstić information content (AvgIpc) is 3.60. The van der Waals surface area contributed by atoms with Crippen LogP contribution in [-0.4, -0.2) is 0 Å². The van der Waals surface area contributed by atoms with E-state index in [0.717, 1.165) is 18.3 Å². The third-order valence-electron chi connectivity index (χ3n) is 6.93. The molecular weight excluding hydrogens is 622 g/mol. The molecule has 0 amide bonds. The number of hydrogen-bond acceptors (Lipinski definition) is 0. The Balaban J connectivity index is 0.000000283. The van der Waals surface area contributed by atoms with E-state index in [9.17, 15) is 0 Å². The predicted molar refractivity (Wildman–Crippen MR) is 151 cm³/mol. The van der Waals surface area contributed by atoms with Crippen molar-refractivity contribution in [2.45, 2.75) is 69.6 Å². The molecule has 4 aromatic rings. The van der Waals surface area contributed by atoms with Crippen molar-refractivity contribution in [3.05, 3.63) is 97.8 Å². The van der Waals surface area contributed by atoms with E-state index in [-0.39, 0.29) is 50.7 Å². The van der Waals surface area contributed by atoms with E-state index in [1.807, 2.05) is 0 Å². The summed E-state index contributed by atoms with van der Waals surface area (Å²) in [5.41, 5.74) is 3.15. The maximum atomic E-state index is 3.38. The van der Waals surface area contributed by atoms with Gasteiger partial charge in [-0.2, -0.15) is 12.1 Å². The Morgan fingerprint density at radius 1 is 0.618 bits per heavy atom. The Morgan fingerprint density at radius 2 is 0.941 bits per heavy atom. The summed E-state index contributed by atoms with van der Waals surface area (Å²) in [7, 11) is 0. The molecule has 2 aliphatic rings. The van der Waals surface area contributed by atoms with Crippen LogP contribution in [0.4, 0.5) is 0 Å². The van der Waals surface area contributed by atoms with Crippen LogP contribution < -0.4 is 0 Å². The van der Waals surface area contributed by atoms with Gasteiger partial charge in [0.1, 0.15) is 0 Å². The minimum Gasteiger partial charge on any atom is -0.372 e. The van der Waals surface area contributed by atoms with Crippen LogP contribution in [0.15, 0.2) is 72.8 Å². The third-order valence-corrected chi connectivity index (χ3v) is 6.93. The minimum absolute atomic E-state index is 0. The van der Waals surface area contributed by atoms with Gasteiger partial charge in [0, 0.05) is 0 Å². The van der Waals surface area contributed by atoms with E-state index >= 15 is 0 Å². The molecule has 0 spiro atoms. The Bertz CT molecular complexity index is 913. The molecule has 0 aliphatic heterocycles. The first-order chi connectivity index (χ1) is 15.3. The maximum absolute atomic E-state index is 3.38. The molecule has 0 bridgehead atoms. The molecule has 4 aromatic carbocycles. The Morgan fingerprint density at radius 3 is 1.26 bits per heavy atom. The maximum Gasteiger partial charge on any atom is 4.00 e. The predicted octanol–water partition coefficient (Wildman–Crippen LogP) is 10.3. The van der Waals surface area contributed by atoms with Crippen molar-refractivity contribution in [1.29, 1.82) is 0 Å². The van der Waals surface area contributed by atoms with Crippen LogP contribution in [0, 0.1) is 13.8 Å². The zero-order valence-electron chi connectivity index (χ0n) is 20.2. The van der Waals surface area contributed by atoms with Crippen molar-refractivity contribution in [3.63, 3.8) is 0 Å². The first-order valence-electron chi connectivity index (χ1n) is 12.2. The number of fused-ring (bicyclic) bond motifs is 2. The first kappa shape index (κ1) is 31.1. The molecule has 0 nitrogen and oxygen atoms in total. The van der Waals surface area contributed by atoms with Crippen LogP contribution in [0.3, 0.4) is 0 Å². The summed E-state index contributed by atoms with van der Waals surface area (Å²) in [5, 5.41) is 5.65. The van der Waals surface area contributed by atoms with Crippen molar-refractivity contribution >= 4 is 46.4 Å². The molecule has 3 heteroatoms. The van der Waals surface area contributed by atoms with Crippen LogP contribution in [0.25, 0.3) is 21.5 Å². The molecular formula is C31H38Cl2Hf. The van der Waals surface area contributed by atoms with Gasteiger partial charge in [0.05, 0.1) is 0 Å². The van der Waals surface area contributed by atoms with Gasteiger partial charge in [-0.05, 0) is 37.5 Å². The summed E-state index contributed by atoms with van der Waals surface area (Å²) < 4.78 is 0. The van der Waals surface area contributed by atoms with Gasteiger partial charge in [-0.3, -0.25) is 0 Å². The molecule has 2 fully saturated rings. The van der Waals surface area contributed by atoms with Crippen molar-refractivity contribution in [2.75, 3.05) is 0 Å². The molecule has 6 rings (SSSR count). The second-order valence-corrected chi connectivity index (χ2v) is 9.15. The van der Waals surface area contributed by atoms with E-state index in [0.29, 0.717) is 0 Å². The smallest absolute Gasteiger partial charge is 0.372 e. The van der Waals surface area contributed by atoms with Gasteiger partial charge in [0.2, 0.25) is 0 Å². The molecule has 0 saturated heterocycles. The van der Waals surface area contributed by atoms with Crippen LogP contribution in [0.5, 0.6) is 0 Å². The minimum atomic E-state index is 0. The molecule has 0 N–H and O–H groups in total. The number of hydrogen-bond donors (Lipinski definition) is 0. The quantitative estimate of drug-likeness (QED) is 0.148. The second-order valence-electron chi connectivity index (χ2n) is 9.15. The van der Waals surface area contributed by atoms with Crippen molar-refractivity contribution < 1.29 is 25.8 Å². The zero-order chi connectivity index (χ0) is 21.5. The molecule has 2 saturated carbocycles. The van der Waals surface area contributed by atoms with Gasteiger partial charge in [0.15, 0.2) is 0 Å². The molecule has 2 aliphatic carbocycles. The van der Waals surface area contributed by atoms with Crippen LogP contribution in [0.1, 0.15) is 80.8 Å². The Labute approximate surface area is 238 Å². The third kappa shape index (κ3) is 8.07. The Kier molecular flexibility index (Phi) is 14.6. The van der Waals surface area contributed by atoms with E-state index < -0.39 is 0 Å². The summed E-state index contributed by atoms with van der Waals surface area (Å²) in [6.07, 6.45) is 12.0. The average molecular weight is 660 g/mol. The normalized spacial score (nSPS) is 15.4. The van der Waals surface area contributed by atoms with E-state index in [1.54, 1.807) is 11.1 Å². The SMILES string of the molecule is Cl.Cl.[CH2-]C[CH2-].[Hf+4].c1ccc2[cH-]c(C3CCCC3)cc2c1.c1ccc2[cH-]c(C3CCCC3)cc2c1. The standard InChI is InChI=1S/2C14H15.C3H6.2ClH.Hf/c2*1-2-6-11(5-1)14-9-12-7-3-4-8-13(12)10-14;1-3-2;;;/h2*3-4,7-11H,1-2,5-6H2;1-3H2;2*1H;/q2*-1;-2;;;+4. The van der Waals surface area contributed by atoms with Crippen molar-refractivity contribution in [3.8, 4) is 0 Å². The largest absolute Gasteiger partial charge is 4.00 e. The molecule has 0 heterocycles. The molecule has 0 atom stereocenters. The van der Waals surface area contributed by atoms with E-state index in [1.165, 1.54) is 72.9 Å². The number of halogens is 2. The summed E-state index contributed by atoms with van der Waals surface area (Å²) in [5.74, 6) is 1.70. The van der Waals surface area contributed by atoms with Gasteiger partial charge in [-0.1, -0.05) is 37.8 Å². The number of benzene rings is 2. The van der Waals surface area contributed by atoms with Gasteiger partial charge in [0.25, 0.3) is 0 Å². The van der Waals surface area contributed by atoms with E-state index in [2.05, 4.69) is 86.6 Å². The molecule has 0 radical (unpaired) electrons. The van der Waals surface area contributed by atoms with Crippen molar-refractivity contribution in [1.82, 2.24) is 0 Å². The fraction of sp³-hybridized carbons (Fsp3) is 0.355. The molecule has 180 valence electrons. The zero-order valence-corrected chi connectivity index (χ0v) is 25.4. The second kappa shape index (κ2) is 16.0. The molecule has 34 heavy (non-hydrogen) atoms. The topological polar surface area (TPSA) is 0 Å². The van der Waals surface area contributed by atoms with Crippen molar-refractivity contribution in [2.24, 2.45) is 0 Å². The monoisotopic (exact) mass is 660 g/mol. The molecule has 0 unspecified atom stereocenters. The first-order valence-corrected chi connectivity index (χ1v) is 12.2. The van der Waals surface area contributed by atoms with Crippen LogP contribution >= 0.6 is 24.8 Å². The summed E-state index contributed by atoms with van der Waals surface area (Å²) in [6, 6.07) is 26.9. The fourth-order valence-electron chi connectivity index (χ4n) is 5.34. The van der Waals surface area contributed by atoms with Gasteiger partial charge in [-0.15, -0.1) is 106 Å². The van der Waals surface area contributed by atoms with Gasteiger partial charge in [-0.25, -0.2) is 0 Å². The number of rotatable bonds is 2. The summed E-state index contributed by atoms with van der Waals surface area (Å²) in [6.45, 7) is 6.75. The van der Waals surface area contributed by atoms with Crippen LogP contribution in [0.2, 0.25) is 0 Å². The fourth-order valence-corrected chi connectivity index (χ4v) is 5.34. The molecule has 0 aromatic heterocycles. The van der Waals surface area contributed by atoms with Gasteiger partial charge >= 0.3 is 25.8 Å². The Hall–Kier alpha value is -0.890.